The van der Waals surface area contributed by atoms with Gasteiger partial charge in [0.25, 0.3) is 0 Å². The minimum absolute atomic E-state index is 0.234. The molecule has 0 saturated heterocycles. The molecule has 0 aromatic heterocycles. The van der Waals surface area contributed by atoms with Crippen molar-refractivity contribution < 1.29 is 5.11 Å². The molecule has 0 unspecified atom stereocenters. The minimum Gasteiger partial charge on any atom is -0.508 e. The van der Waals surface area contributed by atoms with Crippen molar-refractivity contribution in [3.8, 4) is 5.75 Å². The number of aromatic hydroxyl groups is 1. The van der Waals surface area contributed by atoms with Gasteiger partial charge < -0.3 is 10.0 Å². The first-order valence-electron chi connectivity index (χ1n) is 8.78. The Kier molecular flexibility index (Phi) is 7.27. The average molecular weight is 325 g/mol. The molecule has 24 heavy (non-hydrogen) atoms. The Balaban J connectivity index is 2.03. The highest BCUT2D eigenvalue weighted by atomic mass is 16.3. The van der Waals surface area contributed by atoms with Crippen LogP contribution in [0.5, 0.6) is 5.75 Å². The van der Waals surface area contributed by atoms with Gasteiger partial charge in [-0.1, -0.05) is 26.7 Å². The molecule has 4 nitrogen and oxygen atoms in total. The molecular formula is C20H27N3O. The number of unbranched alkanes of at least 4 members (excludes halogenated alkanes) is 2. The van der Waals surface area contributed by atoms with E-state index >= 15 is 0 Å². The fourth-order valence-corrected chi connectivity index (χ4v) is 2.43. The Morgan fingerprint density at radius 1 is 0.750 bits per heavy atom. The average Bonchev–Trinajstić information content (AvgIpc) is 2.62. The lowest BCUT2D eigenvalue weighted by Gasteiger charge is -2.24. The number of azo groups is 1. The summed E-state index contributed by atoms with van der Waals surface area (Å²) < 4.78 is 0. The predicted molar refractivity (Wildman–Crippen MR) is 101 cm³/mol. The summed E-state index contributed by atoms with van der Waals surface area (Å²) in [6.07, 6.45) is 4.85. The van der Waals surface area contributed by atoms with E-state index in [1.54, 1.807) is 24.3 Å². The van der Waals surface area contributed by atoms with Gasteiger partial charge in [0.2, 0.25) is 0 Å². The first-order chi connectivity index (χ1) is 11.7. The van der Waals surface area contributed by atoms with Gasteiger partial charge in [0.15, 0.2) is 0 Å². The zero-order valence-corrected chi connectivity index (χ0v) is 14.7. The van der Waals surface area contributed by atoms with Gasteiger partial charge in [-0.3, -0.25) is 0 Å². The maximum absolute atomic E-state index is 9.27. The Morgan fingerprint density at radius 3 is 1.67 bits per heavy atom. The zero-order valence-electron chi connectivity index (χ0n) is 14.7. The van der Waals surface area contributed by atoms with Crippen LogP contribution in [0.4, 0.5) is 17.1 Å². The van der Waals surface area contributed by atoms with Crippen LogP contribution >= 0.6 is 0 Å². The van der Waals surface area contributed by atoms with Gasteiger partial charge in [0.05, 0.1) is 11.4 Å². The van der Waals surface area contributed by atoms with Crippen molar-refractivity contribution in [2.45, 2.75) is 39.5 Å². The lowest BCUT2D eigenvalue weighted by Crippen LogP contribution is -2.25. The second-order valence-electron chi connectivity index (χ2n) is 5.93. The standard InChI is InChI=1S/C20H27N3O/c1-3-5-15-23(16-6-4-2)19-11-7-17(8-12-19)21-22-18-9-13-20(24)14-10-18/h7-14,24H,3-6,15-16H2,1-2H3. The van der Waals surface area contributed by atoms with Crippen LogP contribution < -0.4 is 4.90 Å². The van der Waals surface area contributed by atoms with Gasteiger partial charge in [-0.25, -0.2) is 0 Å². The highest BCUT2D eigenvalue weighted by molar-refractivity contribution is 5.53. The van der Waals surface area contributed by atoms with Crippen LogP contribution in [0.2, 0.25) is 0 Å². The summed E-state index contributed by atoms with van der Waals surface area (Å²) in [7, 11) is 0. The lowest BCUT2D eigenvalue weighted by molar-refractivity contribution is 0.475. The first-order valence-corrected chi connectivity index (χ1v) is 8.78. The maximum atomic E-state index is 9.27. The van der Waals surface area contributed by atoms with Crippen molar-refractivity contribution in [1.82, 2.24) is 0 Å². The Morgan fingerprint density at radius 2 is 1.21 bits per heavy atom. The highest BCUT2D eigenvalue weighted by Crippen LogP contribution is 2.23. The molecule has 0 saturated carbocycles. The van der Waals surface area contributed by atoms with E-state index in [4.69, 9.17) is 0 Å². The summed E-state index contributed by atoms with van der Waals surface area (Å²) in [6.45, 7) is 6.66. The molecule has 0 aliphatic carbocycles. The smallest absolute Gasteiger partial charge is 0.115 e. The van der Waals surface area contributed by atoms with E-state index < -0.39 is 0 Å². The molecule has 0 aliphatic rings. The molecule has 0 amide bonds. The van der Waals surface area contributed by atoms with Gasteiger partial charge in [-0.2, -0.15) is 10.2 Å². The normalized spacial score (nSPS) is 11.1. The number of phenols is 1. The van der Waals surface area contributed by atoms with Crippen LogP contribution in [-0.2, 0) is 0 Å². The lowest BCUT2D eigenvalue weighted by atomic mass is 10.2. The van der Waals surface area contributed by atoms with Crippen LogP contribution in [0.1, 0.15) is 39.5 Å². The Hall–Kier alpha value is -2.36. The van der Waals surface area contributed by atoms with E-state index in [0.29, 0.717) is 0 Å². The second-order valence-corrected chi connectivity index (χ2v) is 5.93. The first kappa shape index (κ1) is 18.0. The topological polar surface area (TPSA) is 48.2 Å². The monoisotopic (exact) mass is 325 g/mol. The molecular weight excluding hydrogens is 298 g/mol. The Bertz CT molecular complexity index is 612. The summed E-state index contributed by atoms with van der Waals surface area (Å²) in [6, 6.07) is 14.9. The van der Waals surface area contributed by atoms with Gasteiger partial charge in [0, 0.05) is 18.8 Å². The van der Waals surface area contributed by atoms with Crippen molar-refractivity contribution in [1.29, 1.82) is 0 Å². The van der Waals surface area contributed by atoms with Crippen LogP contribution in [0.3, 0.4) is 0 Å². The molecule has 0 heterocycles. The van der Waals surface area contributed by atoms with E-state index in [1.165, 1.54) is 31.4 Å². The summed E-state index contributed by atoms with van der Waals surface area (Å²) >= 11 is 0. The molecule has 2 rings (SSSR count). The zero-order chi connectivity index (χ0) is 17.2. The summed E-state index contributed by atoms with van der Waals surface area (Å²) in [5.74, 6) is 0.234. The third-order valence-electron chi connectivity index (χ3n) is 3.91. The Labute approximate surface area is 144 Å². The summed E-state index contributed by atoms with van der Waals surface area (Å²) in [5, 5.41) is 17.7. The molecule has 0 bridgehead atoms. The van der Waals surface area contributed by atoms with Crippen molar-refractivity contribution in [2.75, 3.05) is 18.0 Å². The van der Waals surface area contributed by atoms with E-state index in [9.17, 15) is 5.11 Å². The van der Waals surface area contributed by atoms with Crippen molar-refractivity contribution in [3.63, 3.8) is 0 Å². The number of nitrogens with zero attached hydrogens (tertiary/aromatic N) is 3. The molecule has 4 heteroatoms. The van der Waals surface area contributed by atoms with Gasteiger partial charge in [-0.05, 0) is 61.4 Å². The van der Waals surface area contributed by atoms with Gasteiger partial charge in [-0.15, -0.1) is 0 Å². The number of benzene rings is 2. The summed E-state index contributed by atoms with van der Waals surface area (Å²) in [5.41, 5.74) is 2.81. The fraction of sp³-hybridized carbons (Fsp3) is 0.400. The highest BCUT2D eigenvalue weighted by Gasteiger charge is 2.05. The molecule has 2 aromatic rings. The quantitative estimate of drug-likeness (QED) is 0.557. The minimum atomic E-state index is 0.234. The van der Waals surface area contributed by atoms with Gasteiger partial charge in [0.1, 0.15) is 5.75 Å². The third-order valence-corrected chi connectivity index (χ3v) is 3.91. The molecule has 0 aliphatic heterocycles. The van der Waals surface area contributed by atoms with Crippen LogP contribution in [-0.4, -0.2) is 18.2 Å². The van der Waals surface area contributed by atoms with E-state index in [2.05, 4.69) is 41.1 Å². The van der Waals surface area contributed by atoms with E-state index in [1.807, 2.05) is 12.1 Å². The van der Waals surface area contributed by atoms with E-state index in [-0.39, 0.29) is 5.75 Å². The third kappa shape index (κ3) is 5.69. The molecule has 0 fully saturated rings. The second kappa shape index (κ2) is 9.71. The number of hydrogen-bond acceptors (Lipinski definition) is 4. The van der Waals surface area contributed by atoms with E-state index in [0.717, 1.165) is 24.5 Å². The number of anilines is 1. The molecule has 0 atom stereocenters. The van der Waals surface area contributed by atoms with Crippen molar-refractivity contribution >= 4 is 17.1 Å². The SMILES string of the molecule is CCCCN(CCCC)c1ccc(N=Nc2ccc(O)cc2)cc1. The number of rotatable bonds is 9. The van der Waals surface area contributed by atoms with Crippen molar-refractivity contribution in [2.24, 2.45) is 10.2 Å². The molecule has 2 aromatic carbocycles. The molecule has 0 radical (unpaired) electrons. The largest absolute Gasteiger partial charge is 0.508 e. The van der Waals surface area contributed by atoms with Crippen LogP contribution in [0, 0.1) is 0 Å². The maximum Gasteiger partial charge on any atom is 0.115 e. The summed E-state index contributed by atoms with van der Waals surface area (Å²) in [4.78, 5) is 2.45. The number of hydrogen-bond donors (Lipinski definition) is 1. The fourth-order valence-electron chi connectivity index (χ4n) is 2.43. The molecule has 0 spiro atoms. The number of phenolic OH excluding ortho intramolecular Hbond substituents is 1. The van der Waals surface area contributed by atoms with Crippen LogP contribution in [0.25, 0.3) is 0 Å². The predicted octanol–water partition coefficient (Wildman–Crippen LogP) is 6.21. The van der Waals surface area contributed by atoms with Crippen molar-refractivity contribution in [3.05, 3.63) is 48.5 Å². The van der Waals surface area contributed by atoms with Gasteiger partial charge >= 0.3 is 0 Å². The van der Waals surface area contributed by atoms with Crippen LogP contribution in [0.15, 0.2) is 58.8 Å². The molecule has 1 N–H and O–H groups in total. The molecule has 128 valence electrons.